The standard InChI is InChI=1S/C16H19F2N3S.C2H6/c1-20(2)16-19-9-14(22-16)11-7-10-5-4-6-21(3)13(10)8-12(11)15(17)18;1-2/h7-9,15H,4-6H2,1-3H3;1-2H3. The Kier molecular flexibility index (Phi) is 6.15. The number of rotatable bonds is 3. The lowest BCUT2D eigenvalue weighted by molar-refractivity contribution is 0.152. The first kappa shape index (κ1) is 18.6. The first-order chi connectivity index (χ1) is 11.5. The van der Waals surface area contributed by atoms with Crippen LogP contribution in [-0.4, -0.2) is 32.7 Å². The van der Waals surface area contributed by atoms with Crippen LogP contribution in [-0.2, 0) is 6.42 Å². The average molecular weight is 353 g/mol. The Bertz CT molecular complexity index is 683. The van der Waals surface area contributed by atoms with Gasteiger partial charge in [0.15, 0.2) is 5.13 Å². The van der Waals surface area contributed by atoms with Crippen LogP contribution in [0, 0.1) is 0 Å². The zero-order chi connectivity index (χ0) is 17.9. The fourth-order valence-corrected chi connectivity index (χ4v) is 3.70. The van der Waals surface area contributed by atoms with Gasteiger partial charge in [-0.05, 0) is 30.5 Å². The zero-order valence-corrected chi connectivity index (χ0v) is 15.8. The highest BCUT2D eigenvalue weighted by molar-refractivity contribution is 7.18. The van der Waals surface area contributed by atoms with Gasteiger partial charge >= 0.3 is 0 Å². The van der Waals surface area contributed by atoms with Gasteiger partial charge in [0.1, 0.15) is 0 Å². The summed E-state index contributed by atoms with van der Waals surface area (Å²) >= 11 is 1.44. The summed E-state index contributed by atoms with van der Waals surface area (Å²) in [4.78, 5) is 9.06. The molecule has 0 spiro atoms. The number of nitrogens with zero attached hydrogens (tertiary/aromatic N) is 3. The van der Waals surface area contributed by atoms with E-state index in [-0.39, 0.29) is 5.56 Å². The van der Waals surface area contributed by atoms with Crippen molar-refractivity contribution in [3.05, 3.63) is 29.5 Å². The maximum absolute atomic E-state index is 13.5. The van der Waals surface area contributed by atoms with Crippen LogP contribution < -0.4 is 9.80 Å². The summed E-state index contributed by atoms with van der Waals surface area (Å²) in [5, 5.41) is 0.824. The lowest BCUT2D eigenvalue weighted by Gasteiger charge is -2.29. The largest absolute Gasteiger partial charge is 0.374 e. The second-order valence-corrected chi connectivity index (χ2v) is 6.80. The van der Waals surface area contributed by atoms with E-state index >= 15 is 0 Å². The van der Waals surface area contributed by atoms with Gasteiger partial charge in [-0.15, -0.1) is 0 Å². The first-order valence-corrected chi connectivity index (χ1v) is 9.08. The quantitative estimate of drug-likeness (QED) is 0.754. The molecule has 24 heavy (non-hydrogen) atoms. The van der Waals surface area contributed by atoms with E-state index in [0.717, 1.165) is 40.6 Å². The Hall–Kier alpha value is -1.69. The fourth-order valence-electron chi connectivity index (χ4n) is 2.82. The minimum absolute atomic E-state index is 0.0986. The molecule has 2 heterocycles. The highest BCUT2D eigenvalue weighted by Gasteiger charge is 2.22. The SMILES string of the molecule is CC.CN(C)c1ncc(-c2cc3c(cc2C(F)F)N(C)CCC3)s1. The molecule has 3 nitrogen and oxygen atoms in total. The smallest absolute Gasteiger partial charge is 0.264 e. The topological polar surface area (TPSA) is 19.4 Å². The van der Waals surface area contributed by atoms with Gasteiger partial charge in [0.05, 0.1) is 4.88 Å². The van der Waals surface area contributed by atoms with E-state index in [1.165, 1.54) is 11.3 Å². The number of hydrogen-bond acceptors (Lipinski definition) is 4. The van der Waals surface area contributed by atoms with Crippen LogP contribution >= 0.6 is 11.3 Å². The van der Waals surface area contributed by atoms with Gasteiger partial charge < -0.3 is 9.80 Å². The minimum atomic E-state index is -2.49. The average Bonchev–Trinajstić information content (AvgIpc) is 3.06. The highest BCUT2D eigenvalue weighted by Crippen LogP contribution is 2.41. The van der Waals surface area contributed by atoms with Crippen LogP contribution in [0.3, 0.4) is 0 Å². The number of hydrogen-bond donors (Lipinski definition) is 0. The van der Waals surface area contributed by atoms with Gasteiger partial charge in [-0.2, -0.15) is 0 Å². The summed E-state index contributed by atoms with van der Waals surface area (Å²) in [5.41, 5.74) is 2.80. The van der Waals surface area contributed by atoms with E-state index in [2.05, 4.69) is 9.88 Å². The van der Waals surface area contributed by atoms with Crippen LogP contribution in [0.4, 0.5) is 19.6 Å². The molecule has 1 aromatic carbocycles. The van der Waals surface area contributed by atoms with Crippen molar-refractivity contribution >= 4 is 22.2 Å². The van der Waals surface area contributed by atoms with E-state index in [4.69, 9.17) is 0 Å². The zero-order valence-electron chi connectivity index (χ0n) is 14.9. The van der Waals surface area contributed by atoms with Crippen molar-refractivity contribution in [3.63, 3.8) is 0 Å². The van der Waals surface area contributed by atoms with E-state index in [1.807, 2.05) is 46.0 Å². The molecular weight excluding hydrogens is 328 g/mol. The normalized spacial score (nSPS) is 13.4. The van der Waals surface area contributed by atoms with E-state index in [1.54, 1.807) is 12.3 Å². The molecule has 1 aromatic heterocycles. The fraction of sp³-hybridized carbons (Fsp3) is 0.500. The van der Waals surface area contributed by atoms with Gasteiger partial charge in [-0.3, -0.25) is 0 Å². The molecule has 0 bridgehead atoms. The first-order valence-electron chi connectivity index (χ1n) is 8.27. The van der Waals surface area contributed by atoms with Crippen molar-refractivity contribution in [1.82, 2.24) is 4.98 Å². The number of aryl methyl sites for hydroxylation is 1. The van der Waals surface area contributed by atoms with Crippen molar-refractivity contribution in [2.75, 3.05) is 37.5 Å². The third-order valence-electron chi connectivity index (χ3n) is 3.98. The summed E-state index contributed by atoms with van der Waals surface area (Å²) < 4.78 is 27.1. The van der Waals surface area contributed by atoms with Crippen LogP contribution in [0.2, 0.25) is 0 Å². The van der Waals surface area contributed by atoms with E-state index < -0.39 is 6.43 Å². The molecule has 2 aromatic rings. The van der Waals surface area contributed by atoms with Gasteiger partial charge in [0.25, 0.3) is 6.43 Å². The summed E-state index contributed by atoms with van der Waals surface area (Å²) in [7, 11) is 5.76. The molecule has 0 radical (unpaired) electrons. The molecule has 6 heteroatoms. The summed E-state index contributed by atoms with van der Waals surface area (Å²) in [6.45, 7) is 4.92. The Morgan fingerprint density at radius 2 is 1.96 bits per heavy atom. The van der Waals surface area contributed by atoms with E-state index in [9.17, 15) is 8.78 Å². The third kappa shape index (κ3) is 3.69. The molecule has 0 saturated heterocycles. The van der Waals surface area contributed by atoms with Crippen LogP contribution in [0.1, 0.15) is 37.8 Å². The van der Waals surface area contributed by atoms with Crippen molar-refractivity contribution in [3.8, 4) is 10.4 Å². The molecule has 0 atom stereocenters. The predicted octanol–water partition coefficient (Wildman–Crippen LogP) is 5.22. The number of fused-ring (bicyclic) bond motifs is 1. The Balaban J connectivity index is 0.00000100. The molecule has 0 amide bonds. The van der Waals surface area contributed by atoms with Crippen molar-refractivity contribution < 1.29 is 8.78 Å². The number of halogens is 2. The van der Waals surface area contributed by atoms with Gasteiger partial charge in [-0.1, -0.05) is 25.2 Å². The maximum Gasteiger partial charge on any atom is 0.264 e. The number of aromatic nitrogens is 1. The molecular formula is C18H25F2N3S. The lowest BCUT2D eigenvalue weighted by Crippen LogP contribution is -2.24. The molecule has 0 fully saturated rings. The van der Waals surface area contributed by atoms with Gasteiger partial charge in [0.2, 0.25) is 0 Å². The van der Waals surface area contributed by atoms with Crippen molar-refractivity contribution in [1.29, 1.82) is 0 Å². The number of anilines is 2. The van der Waals surface area contributed by atoms with Crippen LogP contribution in [0.25, 0.3) is 10.4 Å². The summed E-state index contributed by atoms with van der Waals surface area (Å²) in [6.07, 6.45) is 1.21. The molecule has 0 aliphatic carbocycles. The van der Waals surface area contributed by atoms with Crippen molar-refractivity contribution in [2.24, 2.45) is 0 Å². The van der Waals surface area contributed by atoms with Crippen LogP contribution in [0.5, 0.6) is 0 Å². The lowest BCUT2D eigenvalue weighted by atomic mass is 9.95. The van der Waals surface area contributed by atoms with Crippen LogP contribution in [0.15, 0.2) is 18.3 Å². The number of alkyl halides is 2. The van der Waals surface area contributed by atoms with Gasteiger partial charge in [-0.25, -0.2) is 13.8 Å². The Morgan fingerprint density at radius 1 is 1.25 bits per heavy atom. The second-order valence-electron chi connectivity index (χ2n) is 5.80. The molecule has 0 unspecified atom stereocenters. The molecule has 0 saturated carbocycles. The molecule has 1 aliphatic rings. The van der Waals surface area contributed by atoms with E-state index in [0.29, 0.717) is 5.56 Å². The minimum Gasteiger partial charge on any atom is -0.374 e. The maximum atomic E-state index is 13.5. The summed E-state index contributed by atoms with van der Waals surface area (Å²) in [5.74, 6) is 0. The van der Waals surface area contributed by atoms with Gasteiger partial charge in [0, 0.05) is 50.7 Å². The molecule has 1 aliphatic heterocycles. The second kappa shape index (κ2) is 7.92. The molecule has 132 valence electrons. The number of thiazole rings is 1. The third-order valence-corrected chi connectivity index (χ3v) is 5.18. The Labute approximate surface area is 146 Å². The monoisotopic (exact) mass is 353 g/mol. The Morgan fingerprint density at radius 3 is 2.54 bits per heavy atom. The molecule has 0 N–H and O–H groups in total. The summed E-state index contributed by atoms with van der Waals surface area (Å²) in [6, 6.07) is 3.59. The molecule has 3 rings (SSSR count). The highest BCUT2D eigenvalue weighted by atomic mass is 32.1. The number of benzene rings is 1. The van der Waals surface area contributed by atoms with Crippen molar-refractivity contribution in [2.45, 2.75) is 33.1 Å². The predicted molar refractivity (Wildman–Crippen MR) is 99.8 cm³/mol.